The van der Waals surface area contributed by atoms with Gasteiger partial charge < -0.3 is 11.1 Å². The molecule has 2 nitrogen and oxygen atoms in total. The van der Waals surface area contributed by atoms with Gasteiger partial charge in [-0.25, -0.2) is 0 Å². The van der Waals surface area contributed by atoms with Crippen LogP contribution >= 0.6 is 28.1 Å². The molecule has 1 aliphatic carbocycles. The Kier molecular flexibility index (Phi) is 5.22. The Morgan fingerprint density at radius 1 is 1.32 bits per heavy atom. The van der Waals surface area contributed by atoms with Gasteiger partial charge in [-0.2, -0.15) is 0 Å². The van der Waals surface area contributed by atoms with Gasteiger partial charge in [0.1, 0.15) is 4.99 Å². The van der Waals surface area contributed by atoms with E-state index >= 15 is 0 Å². The van der Waals surface area contributed by atoms with Gasteiger partial charge in [-0.3, -0.25) is 0 Å². The quantitative estimate of drug-likeness (QED) is 0.629. The zero-order valence-electron chi connectivity index (χ0n) is 11.3. The van der Waals surface area contributed by atoms with E-state index in [2.05, 4.69) is 34.2 Å². The van der Waals surface area contributed by atoms with Gasteiger partial charge in [-0.1, -0.05) is 38.4 Å². The van der Waals surface area contributed by atoms with Gasteiger partial charge in [0.25, 0.3) is 0 Å². The second kappa shape index (κ2) is 6.71. The molecule has 1 fully saturated rings. The number of hydrogen-bond acceptors (Lipinski definition) is 2. The highest BCUT2D eigenvalue weighted by Crippen LogP contribution is 2.30. The third-order valence-electron chi connectivity index (χ3n) is 3.96. The molecule has 1 aliphatic rings. The second-order valence-electron chi connectivity index (χ2n) is 5.43. The van der Waals surface area contributed by atoms with Gasteiger partial charge in [0.15, 0.2) is 0 Å². The Morgan fingerprint density at radius 3 is 2.74 bits per heavy atom. The topological polar surface area (TPSA) is 38.0 Å². The zero-order chi connectivity index (χ0) is 13.8. The highest BCUT2D eigenvalue weighted by molar-refractivity contribution is 9.10. The van der Waals surface area contributed by atoms with E-state index in [0.717, 1.165) is 21.6 Å². The molecule has 0 saturated heterocycles. The second-order valence-corrected chi connectivity index (χ2v) is 6.72. The monoisotopic (exact) mass is 340 g/mol. The molecule has 0 aromatic heterocycles. The van der Waals surface area contributed by atoms with Crippen LogP contribution in [0.25, 0.3) is 0 Å². The van der Waals surface area contributed by atoms with Gasteiger partial charge >= 0.3 is 0 Å². The van der Waals surface area contributed by atoms with Gasteiger partial charge in [0.2, 0.25) is 0 Å². The van der Waals surface area contributed by atoms with Crippen LogP contribution in [0, 0.1) is 5.92 Å². The molecule has 0 amide bonds. The molecule has 0 heterocycles. The predicted octanol–water partition coefficient (Wildman–Crippen LogP) is 4.46. The van der Waals surface area contributed by atoms with E-state index in [1.165, 1.54) is 32.1 Å². The van der Waals surface area contributed by atoms with Crippen LogP contribution in [-0.4, -0.2) is 11.0 Å². The molecule has 1 aromatic rings. The van der Waals surface area contributed by atoms with Gasteiger partial charge in [-0.15, -0.1) is 0 Å². The maximum atomic E-state index is 5.65. The lowest BCUT2D eigenvalue weighted by atomic mass is 9.96. The molecule has 104 valence electrons. The fourth-order valence-electron chi connectivity index (χ4n) is 2.69. The van der Waals surface area contributed by atoms with E-state index in [-0.39, 0.29) is 0 Å². The average Bonchev–Trinajstić information content (AvgIpc) is 2.57. The summed E-state index contributed by atoms with van der Waals surface area (Å²) in [6.45, 7) is 2.35. The first-order valence-electron chi connectivity index (χ1n) is 6.94. The molecular formula is C15H21BrN2S. The largest absolute Gasteiger partial charge is 0.389 e. The number of hydrogen-bond donors (Lipinski definition) is 2. The molecule has 0 bridgehead atoms. The molecular weight excluding hydrogens is 320 g/mol. The Bertz CT molecular complexity index is 461. The van der Waals surface area contributed by atoms with Crippen LogP contribution in [0.2, 0.25) is 0 Å². The molecule has 2 atom stereocenters. The summed E-state index contributed by atoms with van der Waals surface area (Å²) in [5.74, 6) is 0.727. The summed E-state index contributed by atoms with van der Waals surface area (Å²) in [6.07, 6.45) is 6.63. The van der Waals surface area contributed by atoms with Crippen molar-refractivity contribution < 1.29 is 0 Å². The van der Waals surface area contributed by atoms with Crippen molar-refractivity contribution in [1.29, 1.82) is 0 Å². The molecule has 0 spiro atoms. The number of benzene rings is 1. The van der Waals surface area contributed by atoms with E-state index in [1.54, 1.807) is 0 Å². The first kappa shape index (κ1) is 14.8. The third-order valence-corrected chi connectivity index (χ3v) is 4.85. The zero-order valence-corrected chi connectivity index (χ0v) is 13.7. The summed E-state index contributed by atoms with van der Waals surface area (Å²) in [7, 11) is 0. The molecule has 2 rings (SSSR count). The molecule has 2 unspecified atom stereocenters. The van der Waals surface area contributed by atoms with E-state index in [9.17, 15) is 0 Å². The predicted molar refractivity (Wildman–Crippen MR) is 89.7 cm³/mol. The smallest absolute Gasteiger partial charge is 0.104 e. The van der Waals surface area contributed by atoms with Crippen LogP contribution in [-0.2, 0) is 0 Å². The third kappa shape index (κ3) is 3.93. The van der Waals surface area contributed by atoms with Crippen LogP contribution in [0.15, 0.2) is 22.7 Å². The lowest BCUT2D eigenvalue weighted by molar-refractivity contribution is 0.456. The van der Waals surface area contributed by atoms with Crippen molar-refractivity contribution in [2.24, 2.45) is 11.7 Å². The van der Waals surface area contributed by atoms with Gasteiger partial charge in [0.05, 0.1) is 0 Å². The summed E-state index contributed by atoms with van der Waals surface area (Å²) in [5.41, 5.74) is 7.69. The Morgan fingerprint density at radius 2 is 2.05 bits per heavy atom. The van der Waals surface area contributed by atoms with E-state index in [0.29, 0.717) is 11.0 Å². The van der Waals surface area contributed by atoms with Crippen molar-refractivity contribution in [3.63, 3.8) is 0 Å². The van der Waals surface area contributed by atoms with E-state index in [4.69, 9.17) is 18.0 Å². The van der Waals surface area contributed by atoms with Crippen molar-refractivity contribution in [2.45, 2.75) is 45.1 Å². The maximum Gasteiger partial charge on any atom is 0.104 e. The molecule has 1 saturated carbocycles. The molecule has 19 heavy (non-hydrogen) atoms. The lowest BCUT2D eigenvalue weighted by Crippen LogP contribution is -2.26. The van der Waals surface area contributed by atoms with Crippen molar-refractivity contribution >= 4 is 38.8 Å². The average molecular weight is 341 g/mol. The molecule has 1 aromatic carbocycles. The summed E-state index contributed by atoms with van der Waals surface area (Å²) in [4.78, 5) is 0.440. The minimum absolute atomic E-state index is 0.440. The molecule has 0 radical (unpaired) electrons. The van der Waals surface area contributed by atoms with Crippen LogP contribution in [0.3, 0.4) is 0 Å². The highest BCUT2D eigenvalue weighted by Gasteiger charge is 2.20. The van der Waals surface area contributed by atoms with Crippen LogP contribution in [0.1, 0.15) is 44.6 Å². The Balaban J connectivity index is 2.11. The highest BCUT2D eigenvalue weighted by atomic mass is 79.9. The minimum atomic E-state index is 0.440. The number of nitrogens with two attached hydrogens (primary N) is 1. The lowest BCUT2D eigenvalue weighted by Gasteiger charge is -2.24. The Hall–Kier alpha value is -0.610. The van der Waals surface area contributed by atoms with Gasteiger partial charge in [-0.05, 0) is 52.9 Å². The number of halogens is 1. The number of nitrogens with one attached hydrogen (secondary N) is 1. The first-order valence-corrected chi connectivity index (χ1v) is 8.14. The molecule has 4 heteroatoms. The number of thiocarbonyl (C=S) groups is 1. The SMILES string of the molecule is CC1CCCCCC1Nc1ccc(C(N)=S)cc1Br. The van der Waals surface area contributed by atoms with Gasteiger partial charge in [0, 0.05) is 21.8 Å². The number of rotatable bonds is 3. The van der Waals surface area contributed by atoms with Crippen molar-refractivity contribution in [3.8, 4) is 0 Å². The molecule has 3 N–H and O–H groups in total. The summed E-state index contributed by atoms with van der Waals surface area (Å²) >= 11 is 8.60. The summed E-state index contributed by atoms with van der Waals surface area (Å²) in [5, 5.41) is 3.67. The van der Waals surface area contributed by atoms with E-state index < -0.39 is 0 Å². The fourth-order valence-corrected chi connectivity index (χ4v) is 3.31. The van der Waals surface area contributed by atoms with Crippen molar-refractivity contribution in [3.05, 3.63) is 28.2 Å². The maximum absolute atomic E-state index is 5.65. The fraction of sp³-hybridized carbons (Fsp3) is 0.533. The summed E-state index contributed by atoms with van der Waals surface area (Å²) < 4.78 is 1.04. The van der Waals surface area contributed by atoms with Crippen LogP contribution < -0.4 is 11.1 Å². The van der Waals surface area contributed by atoms with Crippen molar-refractivity contribution in [2.75, 3.05) is 5.32 Å². The van der Waals surface area contributed by atoms with E-state index in [1.807, 2.05) is 12.1 Å². The Labute approximate surface area is 129 Å². The minimum Gasteiger partial charge on any atom is -0.389 e. The van der Waals surface area contributed by atoms with Crippen molar-refractivity contribution in [1.82, 2.24) is 0 Å². The molecule has 0 aliphatic heterocycles. The standard InChI is InChI=1S/C15H21BrN2S/c1-10-5-3-2-4-6-13(10)18-14-8-7-11(15(17)19)9-12(14)16/h7-10,13,18H,2-6H2,1H3,(H2,17,19). The number of anilines is 1. The normalized spacial score (nSPS) is 23.7. The summed E-state index contributed by atoms with van der Waals surface area (Å²) in [6, 6.07) is 6.61. The first-order chi connectivity index (χ1) is 9.08. The van der Waals surface area contributed by atoms with Crippen LogP contribution in [0.5, 0.6) is 0 Å². The van der Waals surface area contributed by atoms with Crippen LogP contribution in [0.4, 0.5) is 5.69 Å².